The van der Waals surface area contributed by atoms with Crippen molar-refractivity contribution >= 4 is 17.6 Å². The second-order valence-electron chi connectivity index (χ2n) is 7.30. The average molecular weight is 545 g/mol. The van der Waals surface area contributed by atoms with Gasteiger partial charge in [0.05, 0.1) is 25.5 Å². The van der Waals surface area contributed by atoms with E-state index in [2.05, 4.69) is 24.8 Å². The van der Waals surface area contributed by atoms with Crippen LogP contribution in [0.4, 0.5) is 32.0 Å². The van der Waals surface area contributed by atoms with Crippen molar-refractivity contribution in [2.45, 2.75) is 19.5 Å². The normalized spacial score (nSPS) is 11.5. The van der Waals surface area contributed by atoms with Crippen molar-refractivity contribution < 1.29 is 54.9 Å². The highest BCUT2D eigenvalue weighted by molar-refractivity contribution is 6.05. The molecule has 0 spiro atoms. The molecule has 0 aliphatic carbocycles. The molecule has 0 aliphatic heterocycles. The molecule has 0 saturated heterocycles. The number of halogens is 6. The molecule has 0 radical (unpaired) electrons. The number of nitrogens with one attached hydrogen (secondary N) is 1. The van der Waals surface area contributed by atoms with Gasteiger partial charge in [-0.25, -0.2) is 14.8 Å². The molecule has 0 atom stereocenters. The fourth-order valence-electron chi connectivity index (χ4n) is 3.08. The Morgan fingerprint density at radius 3 is 2.24 bits per heavy atom. The molecule has 2 aromatic heterocycles. The van der Waals surface area contributed by atoms with Gasteiger partial charge in [-0.1, -0.05) is 0 Å². The highest BCUT2D eigenvalue weighted by Gasteiger charge is 2.36. The quantitative estimate of drug-likeness (QED) is 0.305. The van der Waals surface area contributed by atoms with Crippen LogP contribution in [0.3, 0.4) is 0 Å². The number of amides is 1. The molecule has 0 aliphatic rings. The first-order chi connectivity index (χ1) is 17.7. The Labute approximate surface area is 210 Å². The van der Waals surface area contributed by atoms with Gasteiger partial charge in [-0.05, 0) is 37.3 Å². The maximum Gasteiger partial charge on any atom is 0.573 e. The fraction of sp³-hybridized carbons (Fsp3) is 0.217. The average Bonchev–Trinajstić information content (AvgIpc) is 2.83. The van der Waals surface area contributed by atoms with E-state index in [1.807, 2.05) is 0 Å². The molecule has 38 heavy (non-hydrogen) atoms. The zero-order valence-electron chi connectivity index (χ0n) is 19.7. The fourth-order valence-corrected chi connectivity index (χ4v) is 3.08. The van der Waals surface area contributed by atoms with Gasteiger partial charge < -0.3 is 24.3 Å². The Kier molecular flexibility index (Phi) is 7.98. The summed E-state index contributed by atoms with van der Waals surface area (Å²) in [6.07, 6.45) is -8.71. The zero-order chi connectivity index (χ0) is 28.3. The van der Waals surface area contributed by atoms with Crippen LogP contribution >= 0.6 is 0 Å². The summed E-state index contributed by atoms with van der Waals surface area (Å²) >= 11 is 0. The van der Waals surface area contributed by atoms with Gasteiger partial charge in [0.15, 0.2) is 22.9 Å². The second-order valence-corrected chi connectivity index (χ2v) is 7.30. The van der Waals surface area contributed by atoms with Crippen LogP contribution < -0.4 is 19.5 Å². The highest BCUT2D eigenvalue weighted by Crippen LogP contribution is 2.40. The summed E-state index contributed by atoms with van der Waals surface area (Å²) in [7, 11) is 2.19. The summed E-state index contributed by atoms with van der Waals surface area (Å²) in [6, 6.07) is 5.54. The molecule has 0 bridgehead atoms. The molecule has 9 nitrogen and oxygen atoms in total. The third-order valence-corrected chi connectivity index (χ3v) is 4.70. The van der Waals surface area contributed by atoms with Crippen molar-refractivity contribution in [3.8, 4) is 23.0 Å². The number of esters is 1. The maximum absolute atomic E-state index is 13.6. The predicted molar refractivity (Wildman–Crippen MR) is 117 cm³/mol. The zero-order valence-corrected chi connectivity index (χ0v) is 19.7. The number of ether oxygens (including phenoxy) is 4. The summed E-state index contributed by atoms with van der Waals surface area (Å²) in [5.41, 5.74) is -2.52. The lowest BCUT2D eigenvalue weighted by atomic mass is 10.1. The molecule has 15 heteroatoms. The van der Waals surface area contributed by atoms with E-state index in [1.54, 1.807) is 0 Å². The minimum Gasteiger partial charge on any atom is -0.493 e. The number of aromatic nitrogens is 2. The van der Waals surface area contributed by atoms with E-state index in [0.29, 0.717) is 6.07 Å². The molecular weight excluding hydrogens is 528 g/mol. The van der Waals surface area contributed by atoms with E-state index >= 15 is 0 Å². The maximum atomic E-state index is 13.6. The molecule has 0 fully saturated rings. The molecule has 0 unspecified atom stereocenters. The number of carbonyl (C=O) groups excluding carboxylic acids is 2. The molecule has 1 aromatic carbocycles. The van der Waals surface area contributed by atoms with Crippen LogP contribution in [0.15, 0.2) is 42.6 Å². The van der Waals surface area contributed by atoms with Gasteiger partial charge in [0.1, 0.15) is 11.4 Å². The van der Waals surface area contributed by atoms with Crippen LogP contribution in [0.1, 0.15) is 32.2 Å². The number of aryl methyl sites for hydroxylation is 1. The lowest BCUT2D eigenvalue weighted by Crippen LogP contribution is -2.19. The van der Waals surface area contributed by atoms with Gasteiger partial charge in [-0.3, -0.25) is 4.79 Å². The molecule has 1 N–H and O–H groups in total. The number of anilines is 1. The van der Waals surface area contributed by atoms with Gasteiger partial charge in [0.25, 0.3) is 5.91 Å². The summed E-state index contributed by atoms with van der Waals surface area (Å²) < 4.78 is 97.1. The number of hydrogen-bond acceptors (Lipinski definition) is 8. The standard InChI is InChI=1S/C23H17F6N3O6/c1-11-14(22(24,25)26)10-18(37-16-5-4-13(9-17(16)35-2)38-23(27,28)29)19(31-11)20(33)32-12-6-7-30-15(8-12)21(34)36-3/h4-10H,1-3H3,(H,30,32,33). The van der Waals surface area contributed by atoms with E-state index in [4.69, 9.17) is 9.47 Å². The largest absolute Gasteiger partial charge is 0.573 e. The third-order valence-electron chi connectivity index (χ3n) is 4.70. The van der Waals surface area contributed by atoms with E-state index < -0.39 is 52.9 Å². The summed E-state index contributed by atoms with van der Waals surface area (Å²) in [6.45, 7) is 1.02. The number of hydrogen-bond donors (Lipinski definition) is 1. The van der Waals surface area contributed by atoms with E-state index in [9.17, 15) is 35.9 Å². The SMILES string of the molecule is COC(=O)c1cc(NC(=O)c2nc(C)c(C(F)(F)F)cc2Oc2ccc(OC(F)(F)F)cc2OC)ccn1. The summed E-state index contributed by atoms with van der Waals surface area (Å²) in [5.74, 6) is -3.90. The molecular formula is C23H17F6N3O6. The minimum absolute atomic E-state index is 0.0296. The van der Waals surface area contributed by atoms with Gasteiger partial charge in [0.2, 0.25) is 0 Å². The predicted octanol–water partition coefficient (Wildman–Crippen LogP) is 5.54. The van der Waals surface area contributed by atoms with Crippen molar-refractivity contribution in [3.63, 3.8) is 0 Å². The van der Waals surface area contributed by atoms with Crippen LogP contribution in [0.25, 0.3) is 0 Å². The summed E-state index contributed by atoms with van der Waals surface area (Å²) in [4.78, 5) is 32.2. The monoisotopic (exact) mass is 545 g/mol. The summed E-state index contributed by atoms with van der Waals surface area (Å²) in [5, 5.41) is 2.37. The lowest BCUT2D eigenvalue weighted by molar-refractivity contribution is -0.274. The molecule has 0 saturated carbocycles. The number of methoxy groups -OCH3 is 2. The number of carbonyl (C=O) groups is 2. The van der Waals surface area contributed by atoms with Gasteiger partial charge in [-0.15, -0.1) is 13.2 Å². The second kappa shape index (κ2) is 10.8. The van der Waals surface area contributed by atoms with Crippen molar-refractivity contribution in [2.24, 2.45) is 0 Å². The number of nitrogens with zero attached hydrogens (tertiary/aromatic N) is 2. The lowest BCUT2D eigenvalue weighted by Gasteiger charge is -2.18. The van der Waals surface area contributed by atoms with E-state index in [1.165, 1.54) is 12.3 Å². The van der Waals surface area contributed by atoms with Crippen molar-refractivity contribution in [3.05, 3.63) is 65.2 Å². The van der Waals surface area contributed by atoms with Crippen molar-refractivity contribution in [1.82, 2.24) is 9.97 Å². The van der Waals surface area contributed by atoms with Crippen LogP contribution in [-0.2, 0) is 10.9 Å². The number of benzene rings is 1. The number of rotatable bonds is 7. The van der Waals surface area contributed by atoms with E-state index in [0.717, 1.165) is 45.4 Å². The molecule has 202 valence electrons. The van der Waals surface area contributed by atoms with Crippen LogP contribution in [-0.4, -0.2) is 42.4 Å². The Hall–Kier alpha value is -4.56. The first-order valence-corrected chi connectivity index (χ1v) is 10.3. The number of pyridine rings is 2. The Morgan fingerprint density at radius 2 is 1.63 bits per heavy atom. The number of alkyl halides is 6. The third kappa shape index (κ3) is 6.80. The van der Waals surface area contributed by atoms with Crippen LogP contribution in [0.5, 0.6) is 23.0 Å². The van der Waals surface area contributed by atoms with Crippen LogP contribution in [0.2, 0.25) is 0 Å². The van der Waals surface area contributed by atoms with Gasteiger partial charge in [-0.2, -0.15) is 13.2 Å². The molecule has 3 aromatic rings. The van der Waals surface area contributed by atoms with Crippen LogP contribution in [0, 0.1) is 6.92 Å². The first kappa shape index (κ1) is 28.0. The Balaban J connectivity index is 2.04. The van der Waals surface area contributed by atoms with E-state index in [-0.39, 0.29) is 22.9 Å². The topological polar surface area (TPSA) is 109 Å². The molecule has 2 heterocycles. The smallest absolute Gasteiger partial charge is 0.493 e. The highest BCUT2D eigenvalue weighted by atomic mass is 19.4. The van der Waals surface area contributed by atoms with Crippen molar-refractivity contribution in [1.29, 1.82) is 0 Å². The first-order valence-electron chi connectivity index (χ1n) is 10.3. The van der Waals surface area contributed by atoms with Gasteiger partial charge >= 0.3 is 18.5 Å². The minimum atomic E-state index is -5.01. The molecule has 1 amide bonds. The van der Waals surface area contributed by atoms with Gasteiger partial charge in [0, 0.05) is 18.0 Å². The Bertz CT molecular complexity index is 1360. The van der Waals surface area contributed by atoms with Crippen molar-refractivity contribution in [2.75, 3.05) is 19.5 Å². The molecule has 3 rings (SSSR count). The Morgan fingerprint density at radius 1 is 0.921 bits per heavy atom.